The predicted octanol–water partition coefficient (Wildman–Crippen LogP) is 6.08. The summed E-state index contributed by atoms with van der Waals surface area (Å²) in [6, 6.07) is 14.3. The van der Waals surface area contributed by atoms with Gasteiger partial charge in [-0.1, -0.05) is 53.0 Å². The SMILES string of the molecule is COc1ccc(F)cc1/C(O)=C1\C(=O)C(=O)N(c2ccc(Cl)c(Cl)c2)C1c1cccc(C)c1. The van der Waals surface area contributed by atoms with Crippen molar-refractivity contribution < 1.29 is 23.8 Å². The number of benzene rings is 3. The van der Waals surface area contributed by atoms with Gasteiger partial charge in [-0.15, -0.1) is 0 Å². The van der Waals surface area contributed by atoms with Crippen molar-refractivity contribution in [3.05, 3.63) is 98.8 Å². The highest BCUT2D eigenvalue weighted by molar-refractivity contribution is 6.52. The first-order valence-corrected chi connectivity index (χ1v) is 10.6. The third-order valence-electron chi connectivity index (χ3n) is 5.40. The third kappa shape index (κ3) is 4.08. The number of aryl methyl sites for hydroxylation is 1. The molecule has 5 nitrogen and oxygen atoms in total. The van der Waals surface area contributed by atoms with Crippen molar-refractivity contribution >= 4 is 46.3 Å². The van der Waals surface area contributed by atoms with Gasteiger partial charge in [-0.25, -0.2) is 4.39 Å². The molecule has 0 aliphatic carbocycles. The van der Waals surface area contributed by atoms with Crippen molar-refractivity contribution in [2.45, 2.75) is 13.0 Å². The molecule has 1 aliphatic rings. The Balaban J connectivity index is 2.00. The van der Waals surface area contributed by atoms with E-state index in [1.807, 2.05) is 13.0 Å². The molecular formula is C25H18Cl2FNO4. The summed E-state index contributed by atoms with van der Waals surface area (Å²) in [5.74, 6) is -2.81. The number of hydrogen-bond donors (Lipinski definition) is 1. The van der Waals surface area contributed by atoms with E-state index in [2.05, 4.69) is 0 Å². The van der Waals surface area contributed by atoms with Gasteiger partial charge in [0.05, 0.1) is 34.3 Å². The Morgan fingerprint density at radius 1 is 1.03 bits per heavy atom. The van der Waals surface area contributed by atoms with Crippen LogP contribution in [-0.4, -0.2) is 23.9 Å². The molecule has 0 aromatic heterocycles. The maximum Gasteiger partial charge on any atom is 0.300 e. The maximum absolute atomic E-state index is 14.0. The van der Waals surface area contributed by atoms with Crippen molar-refractivity contribution in [3.8, 4) is 5.75 Å². The van der Waals surface area contributed by atoms with E-state index in [0.717, 1.165) is 11.6 Å². The molecule has 3 aromatic carbocycles. The lowest BCUT2D eigenvalue weighted by molar-refractivity contribution is -0.132. The summed E-state index contributed by atoms with van der Waals surface area (Å²) in [6.45, 7) is 1.87. The number of Topliss-reactive ketones (excluding diaryl/α,β-unsaturated/α-hetero) is 1. The second kappa shape index (κ2) is 8.89. The number of ketones is 1. The topological polar surface area (TPSA) is 66.8 Å². The maximum atomic E-state index is 14.0. The molecule has 8 heteroatoms. The van der Waals surface area contributed by atoms with Gasteiger partial charge >= 0.3 is 0 Å². The molecule has 1 fully saturated rings. The molecule has 1 saturated heterocycles. The van der Waals surface area contributed by atoms with Crippen molar-refractivity contribution in [1.82, 2.24) is 0 Å². The number of aliphatic hydroxyl groups is 1. The van der Waals surface area contributed by atoms with Gasteiger partial charge in [0.15, 0.2) is 0 Å². The normalized spacial score (nSPS) is 17.5. The van der Waals surface area contributed by atoms with Crippen LogP contribution in [0, 0.1) is 12.7 Å². The van der Waals surface area contributed by atoms with Crippen LogP contribution < -0.4 is 9.64 Å². The lowest BCUT2D eigenvalue weighted by Gasteiger charge is -2.26. The fourth-order valence-corrected chi connectivity index (χ4v) is 4.19. The number of amides is 1. The van der Waals surface area contributed by atoms with Gasteiger partial charge in [0.25, 0.3) is 11.7 Å². The highest BCUT2D eigenvalue weighted by Gasteiger charge is 2.47. The Bertz CT molecular complexity index is 1320. The first-order valence-electron chi connectivity index (χ1n) is 9.89. The van der Waals surface area contributed by atoms with Crippen molar-refractivity contribution in [3.63, 3.8) is 0 Å². The van der Waals surface area contributed by atoms with Crippen LogP contribution in [0.15, 0.2) is 66.2 Å². The number of aliphatic hydroxyl groups excluding tert-OH is 1. The molecule has 33 heavy (non-hydrogen) atoms. The first-order chi connectivity index (χ1) is 15.7. The zero-order valence-electron chi connectivity index (χ0n) is 17.6. The highest BCUT2D eigenvalue weighted by atomic mass is 35.5. The van der Waals surface area contributed by atoms with Gasteiger partial charge in [0, 0.05) is 5.69 Å². The Labute approximate surface area is 199 Å². The van der Waals surface area contributed by atoms with E-state index in [4.69, 9.17) is 27.9 Å². The molecule has 1 heterocycles. The fourth-order valence-electron chi connectivity index (χ4n) is 3.90. The van der Waals surface area contributed by atoms with Crippen molar-refractivity contribution in [2.24, 2.45) is 0 Å². The summed E-state index contributed by atoms with van der Waals surface area (Å²) < 4.78 is 19.3. The fraction of sp³-hybridized carbons (Fsp3) is 0.120. The largest absolute Gasteiger partial charge is 0.507 e. The van der Waals surface area contributed by atoms with E-state index in [1.54, 1.807) is 24.3 Å². The van der Waals surface area contributed by atoms with Crippen LogP contribution in [0.4, 0.5) is 10.1 Å². The van der Waals surface area contributed by atoms with Crippen LogP contribution in [0.5, 0.6) is 5.75 Å². The van der Waals surface area contributed by atoms with Crippen molar-refractivity contribution in [2.75, 3.05) is 12.0 Å². The quantitative estimate of drug-likeness (QED) is 0.276. The highest BCUT2D eigenvalue weighted by Crippen LogP contribution is 2.44. The molecule has 1 amide bonds. The molecule has 3 aromatic rings. The van der Waals surface area contributed by atoms with E-state index in [9.17, 15) is 19.1 Å². The standard InChI is InChI=1S/C25H18Cl2FNO4/c1-13-4-3-5-14(10-13)22-21(23(30)17-11-15(28)6-9-20(17)33-2)24(31)25(32)29(22)16-7-8-18(26)19(27)12-16/h3-12,22,30H,1-2H3/b23-21+. The van der Waals surface area contributed by atoms with E-state index >= 15 is 0 Å². The van der Waals surface area contributed by atoms with E-state index < -0.39 is 29.3 Å². The number of ether oxygens (including phenoxy) is 1. The molecule has 1 N–H and O–H groups in total. The summed E-state index contributed by atoms with van der Waals surface area (Å²) in [5.41, 5.74) is 1.55. The predicted molar refractivity (Wildman–Crippen MR) is 125 cm³/mol. The van der Waals surface area contributed by atoms with Gasteiger partial charge in [-0.05, 0) is 48.9 Å². The minimum atomic E-state index is -0.991. The van der Waals surface area contributed by atoms with E-state index in [1.165, 1.54) is 36.3 Å². The van der Waals surface area contributed by atoms with Crippen LogP contribution in [0.25, 0.3) is 5.76 Å². The zero-order valence-corrected chi connectivity index (χ0v) is 19.1. The van der Waals surface area contributed by atoms with Crippen LogP contribution in [-0.2, 0) is 9.59 Å². The smallest absolute Gasteiger partial charge is 0.300 e. The van der Waals surface area contributed by atoms with Gasteiger partial charge in [0.1, 0.15) is 17.3 Å². The lowest BCUT2D eigenvalue weighted by atomic mass is 9.94. The minimum Gasteiger partial charge on any atom is -0.507 e. The Hall–Kier alpha value is -3.35. The average molecular weight is 486 g/mol. The summed E-state index contributed by atoms with van der Waals surface area (Å²) in [5, 5.41) is 11.7. The molecule has 0 radical (unpaired) electrons. The van der Waals surface area contributed by atoms with Crippen LogP contribution in [0.1, 0.15) is 22.7 Å². The second-order valence-electron chi connectivity index (χ2n) is 7.53. The Morgan fingerprint density at radius 2 is 1.79 bits per heavy atom. The molecule has 1 atom stereocenters. The first kappa shape index (κ1) is 22.8. The number of halogens is 3. The Kier molecular flexibility index (Phi) is 6.15. The molecule has 0 saturated carbocycles. The van der Waals surface area contributed by atoms with E-state index in [0.29, 0.717) is 11.3 Å². The molecule has 1 unspecified atom stereocenters. The molecule has 4 rings (SSSR count). The molecule has 0 bridgehead atoms. The molecule has 1 aliphatic heterocycles. The minimum absolute atomic E-state index is 0.0395. The molecule has 0 spiro atoms. The number of carbonyl (C=O) groups is 2. The van der Waals surface area contributed by atoms with Gasteiger partial charge in [0.2, 0.25) is 0 Å². The van der Waals surface area contributed by atoms with Gasteiger partial charge in [-0.3, -0.25) is 14.5 Å². The number of methoxy groups -OCH3 is 1. The van der Waals surface area contributed by atoms with Crippen LogP contribution in [0.2, 0.25) is 10.0 Å². The number of anilines is 1. The Morgan fingerprint density at radius 3 is 2.45 bits per heavy atom. The summed E-state index contributed by atoms with van der Waals surface area (Å²) in [4.78, 5) is 27.6. The summed E-state index contributed by atoms with van der Waals surface area (Å²) >= 11 is 12.2. The number of rotatable bonds is 4. The van der Waals surface area contributed by atoms with E-state index in [-0.39, 0.29) is 26.9 Å². The number of hydrogen-bond acceptors (Lipinski definition) is 4. The summed E-state index contributed by atoms with van der Waals surface area (Å²) in [7, 11) is 1.36. The number of carbonyl (C=O) groups excluding carboxylic acids is 2. The average Bonchev–Trinajstić information content (AvgIpc) is 3.06. The van der Waals surface area contributed by atoms with Crippen LogP contribution in [0.3, 0.4) is 0 Å². The monoisotopic (exact) mass is 485 g/mol. The second-order valence-corrected chi connectivity index (χ2v) is 8.34. The molecular weight excluding hydrogens is 468 g/mol. The van der Waals surface area contributed by atoms with Gasteiger partial charge in [-0.2, -0.15) is 0 Å². The van der Waals surface area contributed by atoms with Crippen LogP contribution >= 0.6 is 23.2 Å². The zero-order chi connectivity index (χ0) is 23.9. The number of nitrogens with zero attached hydrogens (tertiary/aromatic N) is 1. The third-order valence-corrected chi connectivity index (χ3v) is 6.14. The lowest BCUT2D eigenvalue weighted by Crippen LogP contribution is -2.29. The summed E-state index contributed by atoms with van der Waals surface area (Å²) in [6.07, 6.45) is 0. The molecule has 168 valence electrons. The van der Waals surface area contributed by atoms with Crippen molar-refractivity contribution in [1.29, 1.82) is 0 Å². The van der Waals surface area contributed by atoms with Gasteiger partial charge < -0.3 is 9.84 Å².